The van der Waals surface area contributed by atoms with Gasteiger partial charge in [-0.15, -0.1) is 0 Å². The molecule has 0 spiro atoms. The second-order valence-corrected chi connectivity index (χ2v) is 8.17. The van der Waals surface area contributed by atoms with Gasteiger partial charge in [0, 0.05) is 29.2 Å². The Hall–Kier alpha value is -4.26. The first-order chi connectivity index (χ1) is 16.6. The van der Waals surface area contributed by atoms with Crippen LogP contribution in [0, 0.1) is 0 Å². The van der Waals surface area contributed by atoms with Gasteiger partial charge in [-0.05, 0) is 17.7 Å². The summed E-state index contributed by atoms with van der Waals surface area (Å²) in [5.74, 6) is 1.52. The third-order valence-corrected chi connectivity index (χ3v) is 6.16. The minimum Gasteiger partial charge on any atom is -0.496 e. The molecule has 170 valence electrons. The van der Waals surface area contributed by atoms with Crippen LogP contribution in [0.5, 0.6) is 23.0 Å². The summed E-state index contributed by atoms with van der Waals surface area (Å²) in [7, 11) is 1.47. The summed E-state index contributed by atoms with van der Waals surface area (Å²) < 4.78 is 28.8. The van der Waals surface area contributed by atoms with Crippen molar-refractivity contribution >= 4 is 16.9 Å². The Labute approximate surface area is 194 Å². The van der Waals surface area contributed by atoms with E-state index in [9.17, 15) is 9.59 Å². The van der Waals surface area contributed by atoms with Gasteiger partial charge in [-0.1, -0.05) is 36.4 Å². The summed E-state index contributed by atoms with van der Waals surface area (Å²) in [6, 6.07) is 18.0. The molecule has 3 heterocycles. The number of methoxy groups -OCH3 is 1. The maximum Gasteiger partial charge on any atom is 0.312 e. The second-order valence-electron chi connectivity index (χ2n) is 8.17. The van der Waals surface area contributed by atoms with Crippen molar-refractivity contribution in [2.24, 2.45) is 0 Å². The summed E-state index contributed by atoms with van der Waals surface area (Å²) in [5, 5.41) is 0.307. The number of hydrogen-bond acceptors (Lipinski definition) is 7. The SMILES string of the molecule is COc1cc2c(c3oc(-c4ccccc4)cc(=O)c13)[C@H](c1ccc3c(c1)OCCO3)CC(=O)O2. The van der Waals surface area contributed by atoms with Crippen LogP contribution in [-0.4, -0.2) is 26.3 Å². The number of esters is 1. The fourth-order valence-electron chi connectivity index (χ4n) is 4.61. The first-order valence-electron chi connectivity index (χ1n) is 11.0. The Bertz CT molecular complexity index is 1490. The van der Waals surface area contributed by atoms with Gasteiger partial charge in [-0.3, -0.25) is 9.59 Å². The molecule has 0 amide bonds. The molecule has 0 fully saturated rings. The molecule has 0 bridgehead atoms. The fraction of sp³-hybridized carbons (Fsp3) is 0.185. The molecule has 3 aromatic carbocycles. The van der Waals surface area contributed by atoms with Gasteiger partial charge in [0.25, 0.3) is 0 Å². The third kappa shape index (κ3) is 3.28. The predicted octanol–water partition coefficient (Wildman–Crippen LogP) is 4.68. The van der Waals surface area contributed by atoms with Crippen molar-refractivity contribution in [3.8, 4) is 34.3 Å². The van der Waals surface area contributed by atoms with Gasteiger partial charge >= 0.3 is 5.97 Å². The number of ether oxygens (including phenoxy) is 4. The van der Waals surface area contributed by atoms with Crippen LogP contribution < -0.4 is 24.4 Å². The zero-order valence-electron chi connectivity index (χ0n) is 18.3. The minimum atomic E-state index is -0.408. The average Bonchev–Trinajstić information content (AvgIpc) is 2.87. The summed E-state index contributed by atoms with van der Waals surface area (Å²) in [4.78, 5) is 25.8. The van der Waals surface area contributed by atoms with Gasteiger partial charge in [0.05, 0.1) is 13.5 Å². The zero-order valence-corrected chi connectivity index (χ0v) is 18.3. The summed E-state index contributed by atoms with van der Waals surface area (Å²) in [5.41, 5.74) is 2.33. The quantitative estimate of drug-likeness (QED) is 0.327. The lowest BCUT2D eigenvalue weighted by Gasteiger charge is -2.27. The molecular formula is C27H20O7. The molecule has 0 radical (unpaired) electrons. The lowest BCUT2D eigenvalue weighted by atomic mass is 9.85. The topological polar surface area (TPSA) is 84.2 Å². The largest absolute Gasteiger partial charge is 0.496 e. The molecule has 34 heavy (non-hydrogen) atoms. The number of hydrogen-bond donors (Lipinski definition) is 0. The second kappa shape index (κ2) is 7.95. The van der Waals surface area contributed by atoms with E-state index in [1.807, 2.05) is 48.5 Å². The van der Waals surface area contributed by atoms with Crippen molar-refractivity contribution in [1.29, 1.82) is 0 Å². The Balaban J connectivity index is 1.62. The van der Waals surface area contributed by atoms with E-state index in [-0.39, 0.29) is 23.6 Å². The average molecular weight is 456 g/mol. The normalized spacial score (nSPS) is 16.6. The number of carbonyl (C=O) groups excluding carboxylic acids is 1. The lowest BCUT2D eigenvalue weighted by molar-refractivity contribution is -0.135. The van der Waals surface area contributed by atoms with E-state index < -0.39 is 5.92 Å². The molecule has 1 atom stereocenters. The van der Waals surface area contributed by atoms with Crippen LogP contribution in [0.25, 0.3) is 22.3 Å². The van der Waals surface area contributed by atoms with Crippen molar-refractivity contribution in [2.45, 2.75) is 12.3 Å². The van der Waals surface area contributed by atoms with Crippen LogP contribution in [-0.2, 0) is 4.79 Å². The van der Waals surface area contributed by atoms with Crippen LogP contribution in [0.2, 0.25) is 0 Å². The Morgan fingerprint density at radius 3 is 2.47 bits per heavy atom. The molecule has 0 saturated heterocycles. The summed E-state index contributed by atoms with van der Waals surface area (Å²) >= 11 is 0. The molecule has 6 rings (SSSR count). The van der Waals surface area contributed by atoms with E-state index >= 15 is 0 Å². The predicted molar refractivity (Wildman–Crippen MR) is 124 cm³/mol. The van der Waals surface area contributed by atoms with E-state index in [1.165, 1.54) is 13.2 Å². The van der Waals surface area contributed by atoms with Gasteiger partial charge in [-0.2, -0.15) is 0 Å². The minimum absolute atomic E-state index is 0.0906. The molecule has 2 aliphatic heterocycles. The number of carbonyl (C=O) groups is 1. The lowest BCUT2D eigenvalue weighted by Crippen LogP contribution is -2.22. The van der Waals surface area contributed by atoms with Gasteiger partial charge in [0.2, 0.25) is 0 Å². The fourth-order valence-corrected chi connectivity index (χ4v) is 4.61. The van der Waals surface area contributed by atoms with Crippen molar-refractivity contribution < 1.29 is 28.2 Å². The van der Waals surface area contributed by atoms with Gasteiger partial charge in [-0.25, -0.2) is 0 Å². The standard InChI is InChI=1S/C27H20O7/c1-30-22-14-23-25(27-26(22)18(28)13-20(34-27)15-5-3-2-4-6-15)17(12-24(29)33-23)16-7-8-19-21(11-16)32-10-9-31-19/h2-8,11,13-14,17H,9-10,12H2,1H3/t17-/m0/s1. The zero-order chi connectivity index (χ0) is 23.2. The van der Waals surface area contributed by atoms with Gasteiger partial charge < -0.3 is 23.4 Å². The van der Waals surface area contributed by atoms with Crippen LogP contribution in [0.4, 0.5) is 0 Å². The maximum absolute atomic E-state index is 13.3. The first-order valence-corrected chi connectivity index (χ1v) is 11.0. The highest BCUT2D eigenvalue weighted by Crippen LogP contribution is 2.47. The molecule has 0 aliphatic carbocycles. The van der Waals surface area contributed by atoms with E-state index in [0.29, 0.717) is 52.8 Å². The van der Waals surface area contributed by atoms with Crippen LogP contribution in [0.3, 0.4) is 0 Å². The van der Waals surface area contributed by atoms with Gasteiger partial charge in [0.15, 0.2) is 16.9 Å². The monoisotopic (exact) mass is 456 g/mol. The summed E-state index contributed by atoms with van der Waals surface area (Å²) in [6.07, 6.45) is 0.0906. The van der Waals surface area contributed by atoms with E-state index in [0.717, 1.165) is 11.1 Å². The van der Waals surface area contributed by atoms with Crippen LogP contribution in [0.1, 0.15) is 23.5 Å². The van der Waals surface area contributed by atoms with Crippen molar-refractivity contribution in [1.82, 2.24) is 0 Å². The third-order valence-electron chi connectivity index (χ3n) is 6.16. The van der Waals surface area contributed by atoms with E-state index in [1.54, 1.807) is 6.07 Å². The van der Waals surface area contributed by atoms with E-state index in [2.05, 4.69) is 0 Å². The number of rotatable bonds is 3. The Kier molecular flexibility index (Phi) is 4.76. The first kappa shape index (κ1) is 20.4. The molecule has 0 unspecified atom stereocenters. The molecule has 4 aromatic rings. The smallest absolute Gasteiger partial charge is 0.312 e. The maximum atomic E-state index is 13.3. The van der Waals surface area contributed by atoms with Crippen LogP contribution in [0.15, 0.2) is 69.9 Å². The van der Waals surface area contributed by atoms with Gasteiger partial charge in [0.1, 0.15) is 41.4 Å². The van der Waals surface area contributed by atoms with Crippen molar-refractivity contribution in [3.63, 3.8) is 0 Å². The molecule has 1 aromatic heterocycles. The molecule has 0 saturated carbocycles. The molecule has 2 aliphatic rings. The van der Waals surface area contributed by atoms with Crippen molar-refractivity contribution in [3.05, 3.63) is 82.0 Å². The highest BCUT2D eigenvalue weighted by molar-refractivity contribution is 5.93. The highest BCUT2D eigenvalue weighted by atomic mass is 16.6. The molecule has 0 N–H and O–H groups in total. The summed E-state index contributed by atoms with van der Waals surface area (Å²) in [6.45, 7) is 0.942. The highest BCUT2D eigenvalue weighted by Gasteiger charge is 2.34. The number of fused-ring (bicyclic) bond motifs is 4. The number of benzene rings is 3. The molecule has 7 heteroatoms. The van der Waals surface area contributed by atoms with E-state index in [4.69, 9.17) is 23.4 Å². The molecular weight excluding hydrogens is 436 g/mol. The Morgan fingerprint density at radius 2 is 1.68 bits per heavy atom. The van der Waals surface area contributed by atoms with Crippen LogP contribution >= 0.6 is 0 Å². The van der Waals surface area contributed by atoms with Crippen molar-refractivity contribution in [2.75, 3.05) is 20.3 Å². The Morgan fingerprint density at radius 1 is 0.882 bits per heavy atom. The molecule has 7 nitrogen and oxygen atoms in total.